The second-order valence-electron chi connectivity index (χ2n) is 4.12. The molecule has 112 valence electrons. The van der Waals surface area contributed by atoms with Crippen LogP contribution in [0.15, 0.2) is 4.99 Å². The highest BCUT2D eigenvalue weighted by Crippen LogP contribution is 2.20. The van der Waals surface area contributed by atoms with Crippen molar-refractivity contribution < 1.29 is 18.1 Å². The molecule has 0 bridgehead atoms. The highest BCUT2D eigenvalue weighted by atomic mass is 28.4. The molecule has 0 spiro atoms. The maximum atomic E-state index is 9.91. The summed E-state index contributed by atoms with van der Waals surface area (Å²) in [5.41, 5.74) is 0. The zero-order chi connectivity index (χ0) is 14.4. The van der Waals surface area contributed by atoms with Crippen molar-refractivity contribution in [1.29, 1.82) is 0 Å². The molecule has 0 aromatic rings. The molecule has 0 aliphatic rings. The first-order chi connectivity index (χ1) is 9.24. The molecule has 0 atom stereocenters. The van der Waals surface area contributed by atoms with Gasteiger partial charge >= 0.3 is 8.80 Å². The van der Waals surface area contributed by atoms with Crippen LogP contribution < -0.4 is 0 Å². The highest BCUT2D eigenvalue weighted by Gasteiger charge is 2.39. The second-order valence-corrected chi connectivity index (χ2v) is 6.85. The first kappa shape index (κ1) is 18.5. The third-order valence-electron chi connectivity index (χ3n) is 2.66. The third kappa shape index (κ3) is 9.08. The molecular formula is C13H27NO4Si. The van der Waals surface area contributed by atoms with Crippen molar-refractivity contribution in [3.63, 3.8) is 0 Å². The standard InChI is InChI=1S/C13H27NO4Si/c1-4-16-19(17-5-2,18-6-3)12-10-8-7-9-11-14-13-15/h4-12H2,1-3H3. The summed E-state index contributed by atoms with van der Waals surface area (Å²) in [4.78, 5) is 13.4. The van der Waals surface area contributed by atoms with E-state index in [2.05, 4.69) is 4.99 Å². The van der Waals surface area contributed by atoms with Crippen molar-refractivity contribution in [2.45, 2.75) is 52.5 Å². The zero-order valence-corrected chi connectivity index (χ0v) is 13.4. The molecule has 0 amide bonds. The van der Waals surface area contributed by atoms with Crippen LogP contribution in [0, 0.1) is 0 Å². The lowest BCUT2D eigenvalue weighted by Crippen LogP contribution is -2.45. The van der Waals surface area contributed by atoms with Gasteiger partial charge in [0.2, 0.25) is 6.08 Å². The number of isocyanates is 1. The monoisotopic (exact) mass is 289 g/mol. The van der Waals surface area contributed by atoms with E-state index in [1.165, 1.54) is 0 Å². The van der Waals surface area contributed by atoms with E-state index >= 15 is 0 Å². The van der Waals surface area contributed by atoms with Gasteiger partial charge in [-0.1, -0.05) is 12.8 Å². The lowest BCUT2D eigenvalue weighted by molar-refractivity contribution is 0.0706. The maximum Gasteiger partial charge on any atom is 0.500 e. The van der Waals surface area contributed by atoms with Crippen molar-refractivity contribution >= 4 is 14.9 Å². The highest BCUT2D eigenvalue weighted by molar-refractivity contribution is 6.60. The van der Waals surface area contributed by atoms with E-state index in [0.29, 0.717) is 26.4 Å². The number of nitrogens with zero attached hydrogens (tertiary/aromatic N) is 1. The van der Waals surface area contributed by atoms with Crippen LogP contribution in [-0.2, 0) is 18.1 Å². The number of hydrogen-bond acceptors (Lipinski definition) is 5. The minimum atomic E-state index is -2.46. The van der Waals surface area contributed by atoms with Gasteiger partial charge in [-0.3, -0.25) is 0 Å². The fraction of sp³-hybridized carbons (Fsp3) is 0.923. The van der Waals surface area contributed by atoms with E-state index in [0.717, 1.165) is 31.7 Å². The molecule has 0 unspecified atom stereocenters. The molecule has 0 heterocycles. The molecule has 5 nitrogen and oxygen atoms in total. The van der Waals surface area contributed by atoms with Gasteiger partial charge in [0, 0.05) is 25.9 Å². The van der Waals surface area contributed by atoms with E-state index in [1.807, 2.05) is 20.8 Å². The molecule has 0 rings (SSSR count). The number of rotatable bonds is 13. The summed E-state index contributed by atoms with van der Waals surface area (Å²) in [7, 11) is -2.46. The minimum absolute atomic E-state index is 0.578. The van der Waals surface area contributed by atoms with Crippen molar-refractivity contribution in [2.24, 2.45) is 4.99 Å². The summed E-state index contributed by atoms with van der Waals surface area (Å²) in [6, 6.07) is 0.861. The van der Waals surface area contributed by atoms with Gasteiger partial charge in [-0.25, -0.2) is 9.79 Å². The van der Waals surface area contributed by atoms with Crippen molar-refractivity contribution in [2.75, 3.05) is 26.4 Å². The molecule has 0 saturated heterocycles. The van der Waals surface area contributed by atoms with Crippen LogP contribution in [0.3, 0.4) is 0 Å². The van der Waals surface area contributed by atoms with Crippen LogP contribution >= 0.6 is 0 Å². The average Bonchev–Trinajstić information content (AvgIpc) is 2.39. The molecule has 0 aliphatic carbocycles. The van der Waals surface area contributed by atoms with E-state index in [4.69, 9.17) is 13.3 Å². The third-order valence-corrected chi connectivity index (χ3v) is 5.81. The molecule has 0 aromatic heterocycles. The molecular weight excluding hydrogens is 262 g/mol. The topological polar surface area (TPSA) is 57.1 Å². The Labute approximate surface area is 117 Å². The van der Waals surface area contributed by atoms with Crippen LogP contribution in [-0.4, -0.2) is 41.2 Å². The smallest absolute Gasteiger partial charge is 0.374 e. The molecule has 0 N–H and O–H groups in total. The SMILES string of the molecule is CCO[Si](CCCCCCN=C=O)(OCC)OCC. The fourth-order valence-corrected chi connectivity index (χ4v) is 4.62. The Balaban J connectivity index is 3.99. The van der Waals surface area contributed by atoms with Crippen LogP contribution in [0.25, 0.3) is 0 Å². The predicted molar refractivity (Wildman–Crippen MR) is 76.9 cm³/mol. The minimum Gasteiger partial charge on any atom is -0.374 e. The molecule has 19 heavy (non-hydrogen) atoms. The first-order valence-electron chi connectivity index (χ1n) is 7.20. The van der Waals surface area contributed by atoms with E-state index in [9.17, 15) is 4.79 Å². The van der Waals surface area contributed by atoms with Gasteiger partial charge in [0.1, 0.15) is 0 Å². The normalized spacial score (nSPS) is 11.3. The Morgan fingerprint density at radius 1 is 0.895 bits per heavy atom. The lowest BCUT2D eigenvalue weighted by atomic mass is 10.2. The Morgan fingerprint density at radius 3 is 1.89 bits per heavy atom. The van der Waals surface area contributed by atoms with Gasteiger partial charge in [-0.05, 0) is 33.6 Å². The summed E-state index contributed by atoms with van der Waals surface area (Å²) in [5.74, 6) is 0. The van der Waals surface area contributed by atoms with Gasteiger partial charge in [0.05, 0.1) is 6.54 Å². The number of unbranched alkanes of at least 4 members (excludes halogenated alkanes) is 3. The van der Waals surface area contributed by atoms with Gasteiger partial charge in [0.25, 0.3) is 0 Å². The quantitative estimate of drug-likeness (QED) is 0.226. The van der Waals surface area contributed by atoms with Crippen molar-refractivity contribution in [3.05, 3.63) is 0 Å². The lowest BCUT2D eigenvalue weighted by Gasteiger charge is -2.28. The summed E-state index contributed by atoms with van der Waals surface area (Å²) in [6.07, 6.45) is 5.65. The van der Waals surface area contributed by atoms with E-state index in [1.54, 1.807) is 6.08 Å². The Bertz CT molecular complexity index is 240. The zero-order valence-electron chi connectivity index (χ0n) is 12.4. The summed E-state index contributed by atoms with van der Waals surface area (Å²) < 4.78 is 17.3. The Morgan fingerprint density at radius 2 is 1.42 bits per heavy atom. The fourth-order valence-electron chi connectivity index (χ4n) is 1.93. The van der Waals surface area contributed by atoms with Crippen molar-refractivity contribution in [1.82, 2.24) is 0 Å². The molecule has 0 radical (unpaired) electrons. The van der Waals surface area contributed by atoms with Gasteiger partial charge in [0.15, 0.2) is 0 Å². The number of hydrogen-bond donors (Lipinski definition) is 0. The van der Waals surface area contributed by atoms with Crippen LogP contribution in [0.4, 0.5) is 0 Å². The molecule has 6 heteroatoms. The number of aliphatic imine (C=N–C) groups is 1. The maximum absolute atomic E-state index is 9.91. The summed E-state index contributed by atoms with van der Waals surface area (Å²) in [5, 5.41) is 0. The Hall–Kier alpha value is -0.523. The first-order valence-corrected chi connectivity index (χ1v) is 9.13. The van der Waals surface area contributed by atoms with Crippen molar-refractivity contribution in [3.8, 4) is 0 Å². The molecule has 0 saturated carbocycles. The van der Waals surface area contributed by atoms with Gasteiger partial charge < -0.3 is 13.3 Å². The second kappa shape index (κ2) is 12.5. The van der Waals surface area contributed by atoms with Gasteiger partial charge in [-0.15, -0.1) is 0 Å². The predicted octanol–water partition coefficient (Wildman–Crippen LogP) is 2.93. The van der Waals surface area contributed by atoms with E-state index in [-0.39, 0.29) is 0 Å². The average molecular weight is 289 g/mol. The van der Waals surface area contributed by atoms with Gasteiger partial charge in [-0.2, -0.15) is 0 Å². The van der Waals surface area contributed by atoms with Crippen LogP contribution in [0.2, 0.25) is 6.04 Å². The molecule has 0 fully saturated rings. The summed E-state index contributed by atoms with van der Waals surface area (Å²) >= 11 is 0. The molecule has 0 aromatic carbocycles. The molecule has 0 aliphatic heterocycles. The van der Waals surface area contributed by atoms with Crippen LogP contribution in [0.1, 0.15) is 46.5 Å². The summed E-state index contributed by atoms with van der Waals surface area (Å²) in [6.45, 7) is 8.36. The van der Waals surface area contributed by atoms with E-state index < -0.39 is 8.80 Å². The largest absolute Gasteiger partial charge is 0.500 e. The van der Waals surface area contributed by atoms with Crippen LogP contribution in [0.5, 0.6) is 0 Å². The number of carbonyl (C=O) groups excluding carboxylic acids is 1. The Kier molecular flexibility index (Phi) is 12.2.